The van der Waals surface area contributed by atoms with E-state index in [4.69, 9.17) is 9.47 Å². The van der Waals surface area contributed by atoms with Gasteiger partial charge in [-0.15, -0.1) is 0 Å². The third kappa shape index (κ3) is 6.20. The van der Waals surface area contributed by atoms with Crippen molar-refractivity contribution in [3.8, 4) is 5.75 Å². The number of carbonyl (C=O) groups is 2. The molecule has 6 heteroatoms. The van der Waals surface area contributed by atoms with E-state index in [0.717, 1.165) is 5.56 Å². The highest BCUT2D eigenvalue weighted by molar-refractivity contribution is 5.95. The van der Waals surface area contributed by atoms with E-state index in [2.05, 4.69) is 5.32 Å². The fourth-order valence-corrected chi connectivity index (χ4v) is 2.18. The molecule has 1 unspecified atom stereocenters. The lowest BCUT2D eigenvalue weighted by Gasteiger charge is -2.16. The van der Waals surface area contributed by atoms with Crippen LogP contribution in [0.25, 0.3) is 0 Å². The summed E-state index contributed by atoms with van der Waals surface area (Å²) in [6.45, 7) is 3.88. The van der Waals surface area contributed by atoms with E-state index in [1.165, 1.54) is 24.3 Å². The summed E-state index contributed by atoms with van der Waals surface area (Å²) in [5.41, 5.74) is 1.56. The van der Waals surface area contributed by atoms with Crippen molar-refractivity contribution in [3.63, 3.8) is 0 Å². The average Bonchev–Trinajstić information content (AvgIpc) is 2.63. The van der Waals surface area contributed by atoms with Crippen molar-refractivity contribution >= 4 is 17.6 Å². The normalized spacial score (nSPS) is 11.5. The van der Waals surface area contributed by atoms with Crippen LogP contribution >= 0.6 is 0 Å². The number of esters is 1. The van der Waals surface area contributed by atoms with Crippen LogP contribution in [0, 0.1) is 12.7 Å². The first kappa shape index (κ1) is 19.4. The Morgan fingerprint density at radius 1 is 1.08 bits per heavy atom. The van der Waals surface area contributed by atoms with Gasteiger partial charge in [0, 0.05) is 5.69 Å². The molecule has 5 nitrogen and oxygen atoms in total. The van der Waals surface area contributed by atoms with Gasteiger partial charge in [-0.3, -0.25) is 9.59 Å². The second kappa shape index (κ2) is 9.56. The average molecular weight is 359 g/mol. The third-order valence-corrected chi connectivity index (χ3v) is 3.64. The lowest BCUT2D eigenvalue weighted by molar-refractivity contribution is -0.154. The smallest absolute Gasteiger partial charge is 0.310 e. The highest BCUT2D eigenvalue weighted by atomic mass is 19.1. The van der Waals surface area contributed by atoms with Crippen LogP contribution in [0.1, 0.15) is 25.3 Å². The van der Waals surface area contributed by atoms with Crippen LogP contribution in [-0.4, -0.2) is 24.6 Å². The molecule has 0 aliphatic rings. The second-order valence-electron chi connectivity index (χ2n) is 5.79. The maximum Gasteiger partial charge on any atom is 0.310 e. The monoisotopic (exact) mass is 359 g/mol. The predicted octanol–water partition coefficient (Wildman–Crippen LogP) is 3.86. The minimum Gasteiger partial charge on any atom is -0.493 e. The molecule has 1 N–H and O–H groups in total. The zero-order valence-electron chi connectivity index (χ0n) is 14.8. The minimum atomic E-state index is -0.910. The van der Waals surface area contributed by atoms with Crippen molar-refractivity contribution in [2.45, 2.75) is 32.8 Å². The van der Waals surface area contributed by atoms with Gasteiger partial charge in [-0.2, -0.15) is 0 Å². The maximum absolute atomic E-state index is 12.9. The van der Waals surface area contributed by atoms with Crippen LogP contribution in [0.15, 0.2) is 48.5 Å². The van der Waals surface area contributed by atoms with Crippen LogP contribution in [0.4, 0.5) is 10.1 Å². The van der Waals surface area contributed by atoms with Crippen LogP contribution < -0.4 is 10.1 Å². The van der Waals surface area contributed by atoms with Crippen molar-refractivity contribution < 1.29 is 23.5 Å². The Hall–Kier alpha value is -2.89. The zero-order chi connectivity index (χ0) is 18.9. The highest BCUT2D eigenvalue weighted by Crippen LogP contribution is 2.13. The molecular formula is C20H22FNO4. The number of aryl methyl sites for hydroxylation is 1. The molecule has 0 spiro atoms. The third-order valence-electron chi connectivity index (χ3n) is 3.64. The van der Waals surface area contributed by atoms with Crippen molar-refractivity contribution in [3.05, 3.63) is 59.9 Å². The van der Waals surface area contributed by atoms with E-state index in [0.29, 0.717) is 17.9 Å². The van der Waals surface area contributed by atoms with Crippen molar-refractivity contribution in [2.75, 3.05) is 11.9 Å². The molecule has 2 aromatic carbocycles. The number of benzene rings is 2. The van der Waals surface area contributed by atoms with E-state index in [9.17, 15) is 14.0 Å². The topological polar surface area (TPSA) is 64.6 Å². The highest BCUT2D eigenvalue weighted by Gasteiger charge is 2.21. The number of carbonyl (C=O) groups excluding carboxylic acids is 2. The fourth-order valence-electron chi connectivity index (χ4n) is 2.18. The van der Waals surface area contributed by atoms with Gasteiger partial charge in [0.1, 0.15) is 11.6 Å². The molecule has 26 heavy (non-hydrogen) atoms. The van der Waals surface area contributed by atoms with Gasteiger partial charge in [0.25, 0.3) is 5.91 Å². The quantitative estimate of drug-likeness (QED) is 0.727. The summed E-state index contributed by atoms with van der Waals surface area (Å²) in [6, 6.07) is 12.8. The van der Waals surface area contributed by atoms with Crippen molar-refractivity contribution in [2.24, 2.45) is 0 Å². The molecule has 0 saturated heterocycles. The first-order valence-corrected chi connectivity index (χ1v) is 8.43. The zero-order valence-corrected chi connectivity index (χ0v) is 14.8. The van der Waals surface area contributed by atoms with Gasteiger partial charge < -0.3 is 14.8 Å². The Bertz CT molecular complexity index is 728. The van der Waals surface area contributed by atoms with Gasteiger partial charge in [-0.25, -0.2) is 4.39 Å². The maximum atomic E-state index is 12.9. The minimum absolute atomic E-state index is 0.0359. The summed E-state index contributed by atoms with van der Waals surface area (Å²) in [5.74, 6) is -0.690. The van der Waals surface area contributed by atoms with Crippen LogP contribution in [0.3, 0.4) is 0 Å². The van der Waals surface area contributed by atoms with Gasteiger partial charge in [0.15, 0.2) is 6.10 Å². The molecule has 138 valence electrons. The molecule has 0 aromatic heterocycles. The summed E-state index contributed by atoms with van der Waals surface area (Å²) >= 11 is 0. The molecule has 0 aliphatic heterocycles. The first-order valence-electron chi connectivity index (χ1n) is 8.43. The van der Waals surface area contributed by atoms with Gasteiger partial charge in [-0.1, -0.05) is 24.6 Å². The summed E-state index contributed by atoms with van der Waals surface area (Å²) in [7, 11) is 0. The number of hydrogen-bond donors (Lipinski definition) is 1. The van der Waals surface area contributed by atoms with E-state index < -0.39 is 23.8 Å². The molecule has 2 aromatic rings. The number of amides is 1. The van der Waals surface area contributed by atoms with Crippen LogP contribution in [0.5, 0.6) is 5.75 Å². The Labute approximate surface area is 152 Å². The summed E-state index contributed by atoms with van der Waals surface area (Å²) < 4.78 is 23.6. The van der Waals surface area contributed by atoms with E-state index in [1.54, 1.807) is 6.92 Å². The molecule has 2 rings (SSSR count). The molecule has 0 heterocycles. The molecule has 0 bridgehead atoms. The largest absolute Gasteiger partial charge is 0.493 e. The second-order valence-corrected chi connectivity index (χ2v) is 5.79. The van der Waals surface area contributed by atoms with Crippen LogP contribution in [0.2, 0.25) is 0 Å². The molecule has 1 amide bonds. The Balaban J connectivity index is 1.78. The number of ether oxygens (including phenoxy) is 2. The lowest BCUT2D eigenvalue weighted by atomic mass is 10.2. The Morgan fingerprint density at radius 2 is 1.73 bits per heavy atom. The first-order chi connectivity index (χ1) is 12.5. The molecule has 0 radical (unpaired) electrons. The van der Waals surface area contributed by atoms with Gasteiger partial charge in [0.05, 0.1) is 13.0 Å². The number of hydrogen-bond acceptors (Lipinski definition) is 4. The molecular weight excluding hydrogens is 337 g/mol. The van der Waals surface area contributed by atoms with Gasteiger partial charge >= 0.3 is 5.97 Å². The predicted molar refractivity (Wildman–Crippen MR) is 96.5 cm³/mol. The Kier molecular flexibility index (Phi) is 7.14. The number of anilines is 1. The molecule has 0 aliphatic carbocycles. The van der Waals surface area contributed by atoms with E-state index >= 15 is 0 Å². The summed E-state index contributed by atoms with van der Waals surface area (Å²) in [5, 5.41) is 2.60. The number of nitrogens with one attached hydrogen (secondary N) is 1. The lowest BCUT2D eigenvalue weighted by Crippen LogP contribution is -2.32. The Morgan fingerprint density at radius 3 is 2.35 bits per heavy atom. The van der Waals surface area contributed by atoms with Gasteiger partial charge in [0.2, 0.25) is 0 Å². The SMILES string of the molecule is CCC(OC(=O)CCOc1ccc(C)cc1)C(=O)Nc1ccc(F)cc1. The molecule has 1 atom stereocenters. The van der Waals surface area contributed by atoms with Crippen molar-refractivity contribution in [1.82, 2.24) is 0 Å². The molecule has 0 saturated carbocycles. The van der Waals surface area contributed by atoms with Crippen LogP contribution in [-0.2, 0) is 14.3 Å². The van der Waals surface area contributed by atoms with E-state index in [1.807, 2.05) is 31.2 Å². The van der Waals surface area contributed by atoms with Crippen molar-refractivity contribution in [1.29, 1.82) is 0 Å². The number of rotatable bonds is 8. The van der Waals surface area contributed by atoms with E-state index in [-0.39, 0.29) is 13.0 Å². The fraction of sp³-hybridized carbons (Fsp3) is 0.300. The summed E-state index contributed by atoms with van der Waals surface area (Å²) in [4.78, 5) is 24.1. The summed E-state index contributed by atoms with van der Waals surface area (Å²) in [6.07, 6.45) is -0.543. The standard InChI is InChI=1S/C20H22FNO4/c1-3-18(20(24)22-16-8-6-15(21)7-9-16)26-19(23)12-13-25-17-10-4-14(2)5-11-17/h4-11,18H,3,12-13H2,1-2H3,(H,22,24). The van der Waals surface area contributed by atoms with Gasteiger partial charge in [-0.05, 0) is 49.7 Å². The molecule has 0 fully saturated rings. The number of halogens is 1.